The van der Waals surface area contributed by atoms with Crippen molar-refractivity contribution in [2.45, 2.75) is 56.7 Å². The van der Waals surface area contributed by atoms with E-state index >= 15 is 0 Å². The van der Waals surface area contributed by atoms with Crippen LogP contribution in [0.15, 0.2) is 59.5 Å². The van der Waals surface area contributed by atoms with Crippen LogP contribution in [0.1, 0.15) is 64.8 Å². The number of aromatic nitrogens is 1. The van der Waals surface area contributed by atoms with Crippen molar-refractivity contribution in [1.29, 1.82) is 0 Å². The van der Waals surface area contributed by atoms with Crippen LogP contribution < -0.4 is 25.1 Å². The first kappa shape index (κ1) is 42.8. The van der Waals surface area contributed by atoms with Gasteiger partial charge in [-0.05, 0) is 79.1 Å². The van der Waals surface area contributed by atoms with Crippen LogP contribution in [0.25, 0.3) is 21.9 Å². The quantitative estimate of drug-likeness (QED) is 0.113. The molecule has 1 unspecified atom stereocenters. The molecule has 0 bridgehead atoms. The zero-order valence-corrected chi connectivity index (χ0v) is 34.9. The number of aryl methyl sites for hydroxylation is 1. The fourth-order valence-corrected chi connectivity index (χ4v) is 8.61. The van der Waals surface area contributed by atoms with E-state index in [9.17, 15) is 33.9 Å². The number of carbonyl (C=O) groups is 5. The number of fused-ring (bicyclic) bond motifs is 1. The highest BCUT2D eigenvalue weighted by molar-refractivity contribution is 6.06. The Balaban J connectivity index is 0.937. The van der Waals surface area contributed by atoms with Gasteiger partial charge in [-0.15, -0.1) is 0 Å². The number of pyridine rings is 1. The Hall–Kier alpha value is -6.26. The molecule has 0 radical (unpaired) electrons. The van der Waals surface area contributed by atoms with E-state index in [1.54, 1.807) is 51.7 Å². The Morgan fingerprint density at radius 1 is 1.00 bits per heavy atom. The van der Waals surface area contributed by atoms with Gasteiger partial charge in [0.1, 0.15) is 29.0 Å². The van der Waals surface area contributed by atoms with Crippen molar-refractivity contribution in [2.75, 3.05) is 60.7 Å². The van der Waals surface area contributed by atoms with E-state index in [1.165, 1.54) is 28.6 Å². The highest BCUT2D eigenvalue weighted by Gasteiger charge is 2.41. The number of aromatic hydroxyl groups is 1. The number of rotatable bonds is 13. The van der Waals surface area contributed by atoms with Gasteiger partial charge < -0.3 is 38.4 Å². The fourth-order valence-electron chi connectivity index (χ4n) is 8.61. The Kier molecular flexibility index (Phi) is 12.8. The van der Waals surface area contributed by atoms with Crippen molar-refractivity contribution in [1.82, 2.24) is 24.6 Å². The fraction of sp³-hybridized carbons (Fsp3) is 0.422. The lowest BCUT2D eigenvalue weighted by Gasteiger charge is -2.47. The summed E-state index contributed by atoms with van der Waals surface area (Å²) in [4.78, 5) is 81.2. The van der Waals surface area contributed by atoms with E-state index in [4.69, 9.17) is 18.9 Å². The molecule has 16 nitrogen and oxygen atoms in total. The molecule has 3 aromatic carbocycles. The van der Waals surface area contributed by atoms with Crippen molar-refractivity contribution in [3.8, 4) is 34.1 Å². The standard InChI is InChI=1S/C45H51N5O11/c1-47-24-33(30-11-10-29(52)23-32(30)43(47)56)28-21-38(58-3)34(39(22-28)59-4)25-49-16-14-45(15-17-49)27-50(18-20-61-45)41(54)9-6-19-60-37-8-5-7-31(35(37)26-51)44(57)48(2)36-12-13-40(53)46-42(36)55/h5,7-8,10-11,21-24,26,36,52H,6,9,12-20,25,27H2,1-4H3,(H,46,53,55). The second kappa shape index (κ2) is 18.2. The number of ether oxygens (including phenoxy) is 4. The minimum absolute atomic E-state index is 0.0158. The summed E-state index contributed by atoms with van der Waals surface area (Å²) in [6, 6.07) is 12.5. The van der Waals surface area contributed by atoms with Gasteiger partial charge in [-0.2, -0.15) is 0 Å². The number of phenolic OH excluding ortho intramolecular Hbond substituents is 1. The van der Waals surface area contributed by atoms with Crippen LogP contribution in [0.5, 0.6) is 23.0 Å². The molecule has 16 heteroatoms. The van der Waals surface area contributed by atoms with E-state index in [2.05, 4.69) is 10.2 Å². The Bertz CT molecular complexity index is 2400. The first-order valence-corrected chi connectivity index (χ1v) is 20.4. The number of morpholine rings is 1. The maximum Gasteiger partial charge on any atom is 0.258 e. The number of nitrogens with zero attached hydrogens (tertiary/aromatic N) is 4. The number of phenols is 1. The third-order valence-corrected chi connectivity index (χ3v) is 12.0. The van der Waals surface area contributed by atoms with Crippen molar-refractivity contribution in [2.24, 2.45) is 7.05 Å². The number of benzene rings is 3. The number of nitrogens with one attached hydrogen (secondary N) is 1. The van der Waals surface area contributed by atoms with Gasteiger partial charge in [-0.1, -0.05) is 6.07 Å². The Morgan fingerprint density at radius 3 is 2.43 bits per heavy atom. The summed E-state index contributed by atoms with van der Waals surface area (Å²) in [5.74, 6) is -0.00989. The number of hydrogen-bond acceptors (Lipinski definition) is 12. The summed E-state index contributed by atoms with van der Waals surface area (Å²) in [5.41, 5.74) is 1.93. The predicted molar refractivity (Wildman–Crippen MR) is 224 cm³/mol. The lowest BCUT2D eigenvalue weighted by Crippen LogP contribution is -2.57. The number of aldehydes is 1. The van der Waals surface area contributed by atoms with Crippen LogP contribution in [0.4, 0.5) is 0 Å². The molecule has 3 aliphatic heterocycles. The third kappa shape index (κ3) is 8.96. The normalized spacial score (nSPS) is 17.8. The average Bonchev–Trinajstić information content (AvgIpc) is 3.26. The van der Waals surface area contributed by atoms with Gasteiger partial charge in [0.15, 0.2) is 6.29 Å². The number of likely N-dealkylation sites (tertiary alicyclic amines) is 1. The minimum atomic E-state index is -0.842. The van der Waals surface area contributed by atoms with Crippen LogP contribution in [0, 0.1) is 0 Å². The van der Waals surface area contributed by atoms with Gasteiger partial charge >= 0.3 is 0 Å². The molecule has 2 N–H and O–H groups in total. The number of amides is 4. The Morgan fingerprint density at radius 2 is 1.74 bits per heavy atom. The van der Waals surface area contributed by atoms with Crippen molar-refractivity contribution < 1.29 is 48.0 Å². The first-order valence-electron chi connectivity index (χ1n) is 20.4. The van der Waals surface area contributed by atoms with Gasteiger partial charge in [-0.3, -0.25) is 39.0 Å². The zero-order chi connectivity index (χ0) is 43.4. The number of carbonyl (C=O) groups excluding carboxylic acids is 5. The summed E-state index contributed by atoms with van der Waals surface area (Å²) in [7, 11) is 6.37. The molecule has 3 saturated heterocycles. The molecule has 4 amide bonds. The van der Waals surface area contributed by atoms with E-state index in [0.29, 0.717) is 61.2 Å². The van der Waals surface area contributed by atoms with Crippen molar-refractivity contribution in [3.05, 3.63) is 81.8 Å². The molecule has 322 valence electrons. The number of imide groups is 1. The largest absolute Gasteiger partial charge is 0.508 e. The van der Waals surface area contributed by atoms with Gasteiger partial charge in [-0.25, -0.2) is 0 Å². The van der Waals surface area contributed by atoms with Crippen molar-refractivity contribution >= 4 is 40.7 Å². The van der Waals surface area contributed by atoms with Gasteiger partial charge in [0.2, 0.25) is 17.7 Å². The topological polar surface area (TPSA) is 186 Å². The summed E-state index contributed by atoms with van der Waals surface area (Å²) >= 11 is 0. The third-order valence-electron chi connectivity index (χ3n) is 12.0. The minimum Gasteiger partial charge on any atom is -0.508 e. The zero-order valence-electron chi connectivity index (χ0n) is 34.9. The van der Waals surface area contributed by atoms with Crippen LogP contribution >= 0.6 is 0 Å². The smallest absolute Gasteiger partial charge is 0.258 e. The Labute approximate surface area is 352 Å². The molecule has 4 heterocycles. The maximum absolute atomic E-state index is 13.5. The SMILES string of the molecule is COc1cc(-c2cn(C)c(=O)c3cc(O)ccc23)cc(OC)c1CN1CCC2(CC1)CN(C(=O)CCCOc1cccc(C(=O)N(C)C3CCC(=O)NC3=O)c1C=O)CCO2. The molecule has 1 spiro atoms. The van der Waals surface area contributed by atoms with Crippen LogP contribution in [0.3, 0.4) is 0 Å². The van der Waals surface area contributed by atoms with Gasteiger partial charge in [0.25, 0.3) is 11.5 Å². The number of likely N-dealkylation sites (N-methyl/N-ethyl adjacent to an activating group) is 1. The van der Waals surface area contributed by atoms with Crippen LogP contribution in [-0.2, 0) is 32.7 Å². The lowest BCUT2D eigenvalue weighted by atomic mass is 9.88. The van der Waals surface area contributed by atoms with Gasteiger partial charge in [0.05, 0.1) is 55.1 Å². The van der Waals surface area contributed by atoms with Crippen LogP contribution in [-0.4, -0.2) is 127 Å². The highest BCUT2D eigenvalue weighted by atomic mass is 16.5. The molecular weight excluding hydrogens is 787 g/mol. The summed E-state index contributed by atoms with van der Waals surface area (Å²) in [6.45, 7) is 3.54. The first-order chi connectivity index (χ1) is 29.3. The van der Waals surface area contributed by atoms with Gasteiger partial charge in [0, 0.05) is 71.4 Å². The molecule has 4 aromatic rings. The summed E-state index contributed by atoms with van der Waals surface area (Å²) in [5, 5.41) is 13.4. The average molecular weight is 838 g/mol. The number of piperidine rings is 2. The van der Waals surface area contributed by atoms with E-state index < -0.39 is 29.4 Å². The molecule has 0 aliphatic carbocycles. The molecule has 61 heavy (non-hydrogen) atoms. The predicted octanol–water partition coefficient (Wildman–Crippen LogP) is 3.67. The lowest BCUT2D eigenvalue weighted by molar-refractivity contribution is -0.159. The number of hydrogen-bond donors (Lipinski definition) is 2. The van der Waals surface area contributed by atoms with E-state index in [-0.39, 0.29) is 60.0 Å². The molecule has 3 fully saturated rings. The second-order valence-electron chi connectivity index (χ2n) is 15.8. The van der Waals surface area contributed by atoms with Crippen molar-refractivity contribution in [3.63, 3.8) is 0 Å². The van der Waals surface area contributed by atoms with Crippen LogP contribution in [0.2, 0.25) is 0 Å². The molecule has 1 atom stereocenters. The highest BCUT2D eigenvalue weighted by Crippen LogP contribution is 2.40. The molecule has 3 aliphatic rings. The molecular formula is C45H51N5O11. The van der Waals surface area contributed by atoms with E-state index in [0.717, 1.165) is 42.6 Å². The number of methoxy groups -OCH3 is 2. The molecule has 0 saturated carbocycles. The molecule has 7 rings (SSSR count). The monoisotopic (exact) mass is 837 g/mol. The second-order valence-corrected chi connectivity index (χ2v) is 15.8. The van der Waals surface area contributed by atoms with E-state index in [1.807, 2.05) is 17.0 Å². The maximum atomic E-state index is 13.5. The summed E-state index contributed by atoms with van der Waals surface area (Å²) < 4.78 is 25.6. The molecule has 1 aromatic heterocycles. The summed E-state index contributed by atoms with van der Waals surface area (Å²) in [6.07, 6.45) is 4.67.